The molecule has 0 saturated heterocycles. The van der Waals surface area contributed by atoms with E-state index in [9.17, 15) is 9.59 Å². The zero-order valence-electron chi connectivity index (χ0n) is 11.2. The quantitative estimate of drug-likeness (QED) is 0.818. The first-order chi connectivity index (χ1) is 9.61. The monoisotopic (exact) mass is 278 g/mol. The summed E-state index contributed by atoms with van der Waals surface area (Å²) >= 11 is 0. The Morgan fingerprint density at radius 1 is 1.40 bits per heavy atom. The van der Waals surface area contributed by atoms with E-state index in [0.717, 1.165) is 16.5 Å². The number of rotatable bonds is 5. The molecule has 0 aromatic carbocycles. The zero-order chi connectivity index (χ0) is 14.1. The van der Waals surface area contributed by atoms with Crippen LogP contribution in [0.5, 0.6) is 0 Å². The molecule has 7 nitrogen and oxygen atoms in total. The number of fused-ring (bicyclic) bond motifs is 2. The van der Waals surface area contributed by atoms with Gasteiger partial charge in [-0.3, -0.25) is 9.59 Å². The molecule has 2 N–H and O–H groups in total. The summed E-state index contributed by atoms with van der Waals surface area (Å²) in [6, 6.07) is 0. The highest BCUT2D eigenvalue weighted by Crippen LogP contribution is 2.47. The number of aromatic nitrogens is 3. The maximum Gasteiger partial charge on any atom is 0.325 e. The number of hydrogen-bond donors (Lipinski definition) is 2. The van der Waals surface area contributed by atoms with Gasteiger partial charge in [-0.1, -0.05) is 11.6 Å². The fourth-order valence-electron chi connectivity index (χ4n) is 3.56. The molecular formula is C13H18N4O3. The van der Waals surface area contributed by atoms with Gasteiger partial charge in [0.05, 0.1) is 6.20 Å². The van der Waals surface area contributed by atoms with Crippen molar-refractivity contribution in [1.29, 1.82) is 0 Å². The lowest BCUT2D eigenvalue weighted by Gasteiger charge is -2.21. The number of carbonyl (C=O) groups is 2. The molecule has 2 bridgehead atoms. The highest BCUT2D eigenvalue weighted by atomic mass is 16.4. The molecule has 2 fully saturated rings. The Morgan fingerprint density at radius 2 is 2.25 bits per heavy atom. The van der Waals surface area contributed by atoms with E-state index in [-0.39, 0.29) is 18.1 Å². The average Bonchev–Trinajstić information content (AvgIpc) is 3.10. The normalized spacial score (nSPS) is 27.7. The van der Waals surface area contributed by atoms with Crippen LogP contribution in [0.2, 0.25) is 0 Å². The fraction of sp³-hybridized carbons (Fsp3) is 0.692. The summed E-state index contributed by atoms with van der Waals surface area (Å²) in [7, 11) is 0. The molecule has 20 heavy (non-hydrogen) atoms. The van der Waals surface area contributed by atoms with Crippen molar-refractivity contribution in [2.24, 2.45) is 17.8 Å². The van der Waals surface area contributed by atoms with Gasteiger partial charge in [0.1, 0.15) is 6.54 Å². The summed E-state index contributed by atoms with van der Waals surface area (Å²) in [6.45, 7) is 0.401. The third-order valence-corrected chi connectivity index (χ3v) is 4.48. The molecule has 0 spiro atoms. The number of carboxylic acid groups (broad SMARTS) is 1. The lowest BCUT2D eigenvalue weighted by atomic mass is 9.89. The number of carbonyl (C=O) groups excluding carboxylic acids is 1. The van der Waals surface area contributed by atoms with Gasteiger partial charge >= 0.3 is 5.97 Å². The van der Waals surface area contributed by atoms with Crippen LogP contribution < -0.4 is 5.32 Å². The number of carboxylic acids is 1. The summed E-state index contributed by atoms with van der Waals surface area (Å²) in [5.41, 5.74) is 0.175. The summed E-state index contributed by atoms with van der Waals surface area (Å²) in [5, 5.41) is 18.8. The van der Waals surface area contributed by atoms with Gasteiger partial charge in [0.2, 0.25) is 0 Å². The standard InChI is InChI=1S/C13H18N4O3/c18-12(19)7-17-6-11(15-16-17)13(20)14-5-10-4-8-1-2-9(10)3-8/h6,8-10H,1-5,7H2,(H,14,20)(H,18,19). The second-order valence-corrected chi connectivity index (χ2v) is 5.84. The molecule has 3 unspecified atom stereocenters. The summed E-state index contributed by atoms with van der Waals surface area (Å²) < 4.78 is 1.15. The molecule has 1 amide bonds. The van der Waals surface area contributed by atoms with Crippen LogP contribution in [0, 0.1) is 17.8 Å². The predicted octanol–water partition coefficient (Wildman–Crippen LogP) is 0.529. The molecule has 0 aliphatic heterocycles. The largest absolute Gasteiger partial charge is 0.480 e. The van der Waals surface area contributed by atoms with E-state index in [1.54, 1.807) is 0 Å². The molecule has 0 radical (unpaired) electrons. The van der Waals surface area contributed by atoms with E-state index >= 15 is 0 Å². The van der Waals surface area contributed by atoms with Crippen LogP contribution in [-0.2, 0) is 11.3 Å². The van der Waals surface area contributed by atoms with Gasteiger partial charge < -0.3 is 10.4 Å². The second kappa shape index (κ2) is 5.22. The predicted molar refractivity (Wildman–Crippen MR) is 68.9 cm³/mol. The SMILES string of the molecule is O=C(O)Cn1cc(C(=O)NCC2CC3CCC2C3)nn1. The zero-order valence-corrected chi connectivity index (χ0v) is 11.2. The molecule has 2 saturated carbocycles. The van der Waals surface area contributed by atoms with Crippen molar-refractivity contribution >= 4 is 11.9 Å². The fourth-order valence-corrected chi connectivity index (χ4v) is 3.56. The van der Waals surface area contributed by atoms with Crippen molar-refractivity contribution in [3.8, 4) is 0 Å². The van der Waals surface area contributed by atoms with Gasteiger partial charge in [-0.05, 0) is 37.0 Å². The molecule has 3 rings (SSSR count). The lowest BCUT2D eigenvalue weighted by molar-refractivity contribution is -0.137. The van der Waals surface area contributed by atoms with E-state index in [0.29, 0.717) is 12.5 Å². The van der Waals surface area contributed by atoms with Crippen LogP contribution in [0.25, 0.3) is 0 Å². The third kappa shape index (κ3) is 2.66. The molecule has 1 aromatic rings. The number of aliphatic carboxylic acids is 1. The van der Waals surface area contributed by atoms with Crippen molar-refractivity contribution in [3.63, 3.8) is 0 Å². The first-order valence-corrected chi connectivity index (χ1v) is 7.02. The Bertz CT molecular complexity index is 527. The maximum atomic E-state index is 11.9. The van der Waals surface area contributed by atoms with Gasteiger partial charge in [-0.15, -0.1) is 5.10 Å². The smallest absolute Gasteiger partial charge is 0.325 e. The van der Waals surface area contributed by atoms with Crippen LogP contribution in [0.4, 0.5) is 0 Å². The Hall–Kier alpha value is -1.92. The second-order valence-electron chi connectivity index (χ2n) is 5.84. The molecule has 1 heterocycles. The molecule has 1 aromatic heterocycles. The summed E-state index contributed by atoms with van der Waals surface area (Å²) in [4.78, 5) is 22.5. The Labute approximate surface area is 116 Å². The highest BCUT2D eigenvalue weighted by Gasteiger charge is 2.39. The molecular weight excluding hydrogens is 260 g/mol. The first kappa shape index (κ1) is 13.1. The minimum absolute atomic E-state index is 0.175. The Balaban J connectivity index is 1.51. The van der Waals surface area contributed by atoms with Crippen molar-refractivity contribution < 1.29 is 14.7 Å². The molecule has 7 heteroatoms. The van der Waals surface area contributed by atoms with Crippen LogP contribution >= 0.6 is 0 Å². The van der Waals surface area contributed by atoms with Crippen LogP contribution in [0.1, 0.15) is 36.2 Å². The van der Waals surface area contributed by atoms with Crippen LogP contribution in [0.3, 0.4) is 0 Å². The van der Waals surface area contributed by atoms with Gasteiger partial charge in [-0.25, -0.2) is 4.68 Å². The molecule has 3 atom stereocenters. The van der Waals surface area contributed by atoms with Gasteiger partial charge in [-0.2, -0.15) is 0 Å². The number of amides is 1. The van der Waals surface area contributed by atoms with Crippen molar-refractivity contribution in [1.82, 2.24) is 20.3 Å². The number of nitrogens with zero attached hydrogens (tertiary/aromatic N) is 3. The third-order valence-electron chi connectivity index (χ3n) is 4.48. The van der Waals surface area contributed by atoms with Gasteiger partial charge in [0, 0.05) is 6.54 Å². The Morgan fingerprint density at radius 3 is 2.90 bits per heavy atom. The molecule has 2 aliphatic carbocycles. The van der Waals surface area contributed by atoms with Crippen molar-refractivity contribution in [2.45, 2.75) is 32.2 Å². The maximum absolute atomic E-state index is 11.9. The van der Waals surface area contributed by atoms with Crippen LogP contribution in [0.15, 0.2) is 6.20 Å². The van der Waals surface area contributed by atoms with E-state index in [1.165, 1.54) is 31.9 Å². The minimum Gasteiger partial charge on any atom is -0.480 e. The average molecular weight is 278 g/mol. The van der Waals surface area contributed by atoms with Gasteiger partial charge in [0.25, 0.3) is 5.91 Å². The van der Waals surface area contributed by atoms with Crippen molar-refractivity contribution in [2.75, 3.05) is 6.54 Å². The molecule has 2 aliphatic rings. The lowest BCUT2D eigenvalue weighted by Crippen LogP contribution is -2.31. The Kier molecular flexibility index (Phi) is 3.42. The summed E-state index contributed by atoms with van der Waals surface area (Å²) in [5.74, 6) is 0.932. The van der Waals surface area contributed by atoms with E-state index in [4.69, 9.17) is 5.11 Å². The van der Waals surface area contributed by atoms with Crippen molar-refractivity contribution in [3.05, 3.63) is 11.9 Å². The number of hydrogen-bond acceptors (Lipinski definition) is 4. The topological polar surface area (TPSA) is 97.1 Å². The first-order valence-electron chi connectivity index (χ1n) is 7.02. The van der Waals surface area contributed by atoms with E-state index < -0.39 is 5.97 Å². The van der Waals surface area contributed by atoms with E-state index in [1.807, 2.05) is 0 Å². The molecule has 108 valence electrons. The van der Waals surface area contributed by atoms with Gasteiger partial charge in [0.15, 0.2) is 5.69 Å². The van der Waals surface area contributed by atoms with Crippen LogP contribution in [-0.4, -0.2) is 38.5 Å². The summed E-state index contributed by atoms with van der Waals surface area (Å²) in [6.07, 6.45) is 6.54. The van der Waals surface area contributed by atoms with E-state index in [2.05, 4.69) is 15.6 Å². The minimum atomic E-state index is -1.01. The number of nitrogens with one attached hydrogen (secondary N) is 1. The highest BCUT2D eigenvalue weighted by molar-refractivity contribution is 5.91.